The van der Waals surface area contributed by atoms with E-state index in [-0.39, 0.29) is 11.6 Å². The maximum atomic E-state index is 10.7. The molecule has 0 N–H and O–H groups in total. The molecule has 4 aromatic rings. The Hall–Kier alpha value is -3.53. The van der Waals surface area contributed by atoms with Gasteiger partial charge in [0.15, 0.2) is 0 Å². The molecule has 0 unspecified atom stereocenters. The lowest BCUT2D eigenvalue weighted by atomic mass is 10.1. The Labute approximate surface area is 169 Å². The lowest BCUT2D eigenvalue weighted by Gasteiger charge is -2.00. The van der Waals surface area contributed by atoms with Gasteiger partial charge in [-0.25, -0.2) is 0 Å². The molecule has 2 heterocycles. The van der Waals surface area contributed by atoms with Gasteiger partial charge in [0.1, 0.15) is 0 Å². The van der Waals surface area contributed by atoms with E-state index < -0.39 is 4.92 Å². The third-order valence-corrected chi connectivity index (χ3v) is 5.07. The zero-order chi connectivity index (χ0) is 20.4. The van der Waals surface area contributed by atoms with E-state index in [2.05, 4.69) is 20.4 Å². The van der Waals surface area contributed by atoms with Gasteiger partial charge >= 0.3 is 0 Å². The molecular weight excluding hydrogens is 394 g/mol. The molecule has 10 heteroatoms. The average Bonchev–Trinajstić information content (AvgIpc) is 3.38. The summed E-state index contributed by atoms with van der Waals surface area (Å²) in [5.41, 5.74) is 3.82. The Morgan fingerprint density at radius 1 is 0.897 bits per heavy atom. The number of rotatable bonds is 6. The summed E-state index contributed by atoms with van der Waals surface area (Å²) in [7, 11) is 0. The summed E-state index contributed by atoms with van der Waals surface area (Å²) in [4.78, 5) is 10.3. The Morgan fingerprint density at radius 3 is 2.31 bits per heavy atom. The lowest BCUT2D eigenvalue weighted by molar-refractivity contribution is -0.384. The van der Waals surface area contributed by atoms with Crippen LogP contribution in [0.1, 0.15) is 17.0 Å². The maximum absolute atomic E-state index is 10.7. The normalized spacial score (nSPS) is 11.0. The first-order valence-corrected chi connectivity index (χ1v) is 9.59. The first kappa shape index (κ1) is 18.8. The van der Waals surface area contributed by atoms with Crippen LogP contribution in [0.25, 0.3) is 22.9 Å². The minimum Gasteiger partial charge on any atom is -0.420 e. The summed E-state index contributed by atoms with van der Waals surface area (Å²) in [5, 5.41) is 27.2. The summed E-state index contributed by atoms with van der Waals surface area (Å²) < 4.78 is 11.3. The van der Waals surface area contributed by atoms with E-state index in [9.17, 15) is 10.1 Å². The highest BCUT2D eigenvalue weighted by Crippen LogP contribution is 2.28. The standard InChI is InChI=1S/C19H15N5O4S/c1-11-3-4-14(9-12(11)2)18-22-23-19(28-18)29-10-16-20-21-17(27-16)13-5-7-15(8-6-13)24(25)26/h3-9H,10H2,1-2H3. The van der Waals surface area contributed by atoms with Crippen molar-refractivity contribution in [2.24, 2.45) is 0 Å². The second-order valence-corrected chi connectivity index (χ2v) is 7.19. The fourth-order valence-electron chi connectivity index (χ4n) is 2.54. The summed E-state index contributed by atoms with van der Waals surface area (Å²) in [5.74, 6) is 1.48. The number of aromatic nitrogens is 4. The highest BCUT2D eigenvalue weighted by molar-refractivity contribution is 7.98. The molecule has 0 aliphatic carbocycles. The molecule has 29 heavy (non-hydrogen) atoms. The minimum atomic E-state index is -0.462. The maximum Gasteiger partial charge on any atom is 0.277 e. The molecule has 2 aromatic carbocycles. The molecule has 0 saturated carbocycles. The molecule has 0 aliphatic rings. The smallest absolute Gasteiger partial charge is 0.277 e. The fourth-order valence-corrected chi connectivity index (χ4v) is 3.14. The number of aryl methyl sites for hydroxylation is 2. The van der Waals surface area contributed by atoms with Gasteiger partial charge in [0.2, 0.25) is 17.7 Å². The van der Waals surface area contributed by atoms with Crippen molar-refractivity contribution in [2.45, 2.75) is 24.8 Å². The van der Waals surface area contributed by atoms with Crippen molar-refractivity contribution in [1.29, 1.82) is 0 Å². The summed E-state index contributed by atoms with van der Waals surface area (Å²) in [6, 6.07) is 11.9. The molecule has 9 nitrogen and oxygen atoms in total. The number of nitro groups is 1. The molecule has 0 radical (unpaired) electrons. The van der Waals surface area contributed by atoms with Gasteiger partial charge in [-0.2, -0.15) is 0 Å². The molecule has 2 aromatic heterocycles. The van der Waals surface area contributed by atoms with Crippen molar-refractivity contribution in [2.75, 3.05) is 0 Å². The second-order valence-electron chi connectivity index (χ2n) is 6.27. The SMILES string of the molecule is Cc1ccc(-c2nnc(SCc3nnc(-c4ccc([N+](=O)[O-])cc4)o3)o2)cc1C. The van der Waals surface area contributed by atoms with E-state index >= 15 is 0 Å². The fraction of sp³-hybridized carbons (Fsp3) is 0.158. The Morgan fingerprint density at radius 2 is 1.59 bits per heavy atom. The molecule has 146 valence electrons. The molecule has 0 amide bonds. The van der Waals surface area contributed by atoms with Gasteiger partial charge in [0.25, 0.3) is 10.9 Å². The van der Waals surface area contributed by atoms with Gasteiger partial charge < -0.3 is 8.83 Å². The molecule has 0 spiro atoms. The third kappa shape index (κ3) is 4.16. The van der Waals surface area contributed by atoms with Crippen LogP contribution in [0.3, 0.4) is 0 Å². The highest BCUT2D eigenvalue weighted by atomic mass is 32.2. The number of hydrogen-bond donors (Lipinski definition) is 0. The van der Waals surface area contributed by atoms with Gasteiger partial charge in [-0.05, 0) is 49.2 Å². The number of non-ortho nitro benzene ring substituents is 1. The zero-order valence-corrected chi connectivity index (χ0v) is 16.3. The number of benzene rings is 2. The first-order valence-electron chi connectivity index (χ1n) is 8.61. The van der Waals surface area contributed by atoms with E-state index in [1.165, 1.54) is 29.5 Å². The van der Waals surface area contributed by atoms with Gasteiger partial charge in [0.05, 0.1) is 10.7 Å². The first-order chi connectivity index (χ1) is 14.0. The van der Waals surface area contributed by atoms with Crippen molar-refractivity contribution < 1.29 is 13.8 Å². The average molecular weight is 409 g/mol. The lowest BCUT2D eigenvalue weighted by Crippen LogP contribution is -1.87. The van der Waals surface area contributed by atoms with Crippen molar-refractivity contribution in [3.05, 3.63) is 69.6 Å². The monoisotopic (exact) mass is 409 g/mol. The third-order valence-electron chi connectivity index (χ3n) is 4.27. The largest absolute Gasteiger partial charge is 0.420 e. The quantitative estimate of drug-likeness (QED) is 0.255. The second kappa shape index (κ2) is 7.84. The van der Waals surface area contributed by atoms with Crippen LogP contribution in [0.4, 0.5) is 5.69 Å². The number of nitro benzene ring substituents is 1. The van der Waals surface area contributed by atoms with Crippen LogP contribution < -0.4 is 0 Å². The van der Waals surface area contributed by atoms with Gasteiger partial charge in [-0.15, -0.1) is 20.4 Å². The minimum absolute atomic E-state index is 0.0000117. The van der Waals surface area contributed by atoms with Crippen molar-refractivity contribution >= 4 is 17.4 Å². The topological polar surface area (TPSA) is 121 Å². The number of hydrogen-bond acceptors (Lipinski definition) is 9. The van der Waals surface area contributed by atoms with Crippen LogP contribution in [0, 0.1) is 24.0 Å². The summed E-state index contributed by atoms with van der Waals surface area (Å²) in [6.45, 7) is 4.08. The Kier molecular flexibility index (Phi) is 5.09. The Balaban J connectivity index is 1.42. The molecule has 0 bridgehead atoms. The van der Waals surface area contributed by atoms with E-state index in [0.717, 1.165) is 11.1 Å². The highest BCUT2D eigenvalue weighted by Gasteiger charge is 2.14. The van der Waals surface area contributed by atoms with Crippen LogP contribution in [-0.2, 0) is 5.75 Å². The van der Waals surface area contributed by atoms with Crippen molar-refractivity contribution in [3.63, 3.8) is 0 Å². The summed E-state index contributed by atoms with van der Waals surface area (Å²) >= 11 is 1.29. The van der Waals surface area contributed by atoms with Gasteiger partial charge in [-0.1, -0.05) is 17.8 Å². The molecule has 0 saturated heterocycles. The van der Waals surface area contributed by atoms with Crippen LogP contribution in [0.15, 0.2) is 56.5 Å². The molecular formula is C19H15N5O4S. The molecule has 0 aliphatic heterocycles. The van der Waals surface area contributed by atoms with Crippen molar-refractivity contribution in [1.82, 2.24) is 20.4 Å². The van der Waals surface area contributed by atoms with E-state index in [1.54, 1.807) is 12.1 Å². The van der Waals surface area contributed by atoms with Crippen LogP contribution >= 0.6 is 11.8 Å². The van der Waals surface area contributed by atoms with Crippen molar-refractivity contribution in [3.8, 4) is 22.9 Å². The predicted octanol–water partition coefficient (Wildman–Crippen LogP) is 4.60. The molecule has 0 atom stereocenters. The summed E-state index contributed by atoms with van der Waals surface area (Å²) in [6.07, 6.45) is 0. The molecule has 4 rings (SSSR count). The van der Waals surface area contributed by atoms with E-state index in [0.29, 0.717) is 28.3 Å². The number of thioether (sulfide) groups is 1. The van der Waals surface area contributed by atoms with Gasteiger partial charge in [0, 0.05) is 23.3 Å². The predicted molar refractivity (Wildman–Crippen MR) is 105 cm³/mol. The number of nitrogens with zero attached hydrogens (tertiary/aromatic N) is 5. The van der Waals surface area contributed by atoms with Crippen LogP contribution in [-0.4, -0.2) is 25.3 Å². The van der Waals surface area contributed by atoms with Crippen LogP contribution in [0.2, 0.25) is 0 Å². The van der Waals surface area contributed by atoms with E-state index in [1.807, 2.05) is 32.0 Å². The molecule has 0 fully saturated rings. The Bertz CT molecular complexity index is 1170. The van der Waals surface area contributed by atoms with E-state index in [4.69, 9.17) is 8.83 Å². The van der Waals surface area contributed by atoms with Crippen LogP contribution in [0.5, 0.6) is 0 Å². The zero-order valence-electron chi connectivity index (χ0n) is 15.5. The van der Waals surface area contributed by atoms with Gasteiger partial charge in [-0.3, -0.25) is 10.1 Å².